The molecule has 0 atom stereocenters. The molecule has 4 heteroatoms. The number of rotatable bonds is 5. The molecule has 20 heavy (non-hydrogen) atoms. The van der Waals surface area contributed by atoms with Crippen LogP contribution in [0.15, 0.2) is 12.1 Å². The van der Waals surface area contributed by atoms with Crippen molar-refractivity contribution in [2.24, 2.45) is 0 Å². The summed E-state index contributed by atoms with van der Waals surface area (Å²) in [5.41, 5.74) is 1.05. The molecule has 0 aromatic carbocycles. The molecule has 2 fully saturated rings. The van der Waals surface area contributed by atoms with Crippen molar-refractivity contribution in [2.45, 2.75) is 70.0 Å². The summed E-state index contributed by atoms with van der Waals surface area (Å²) >= 11 is 0. The first kappa shape index (κ1) is 13.8. The Balaban J connectivity index is 1.57. The molecule has 1 aromatic heterocycles. The lowest BCUT2D eigenvalue weighted by Gasteiger charge is -2.27. The number of hydrogen-bond acceptors (Lipinski definition) is 4. The maximum absolute atomic E-state index is 4.42. The maximum atomic E-state index is 4.42. The van der Waals surface area contributed by atoms with Crippen LogP contribution in [-0.2, 0) is 6.54 Å². The third-order valence-electron chi connectivity index (χ3n) is 4.59. The number of nitrogens with one attached hydrogen (secondary N) is 1. The molecule has 110 valence electrons. The van der Waals surface area contributed by atoms with E-state index in [9.17, 15) is 0 Å². The van der Waals surface area contributed by atoms with Crippen molar-refractivity contribution < 1.29 is 0 Å². The van der Waals surface area contributed by atoms with Gasteiger partial charge >= 0.3 is 0 Å². The Hall–Kier alpha value is -1.16. The van der Waals surface area contributed by atoms with Gasteiger partial charge in [0.1, 0.15) is 0 Å². The van der Waals surface area contributed by atoms with Gasteiger partial charge in [-0.1, -0.05) is 25.7 Å². The monoisotopic (exact) mass is 274 g/mol. The van der Waals surface area contributed by atoms with Crippen molar-refractivity contribution >= 4 is 5.82 Å². The van der Waals surface area contributed by atoms with Crippen LogP contribution in [0.5, 0.6) is 0 Å². The molecule has 1 N–H and O–H groups in total. The summed E-state index contributed by atoms with van der Waals surface area (Å²) in [6.07, 6.45) is 10.7. The quantitative estimate of drug-likeness (QED) is 0.838. The lowest BCUT2D eigenvalue weighted by Crippen LogP contribution is -2.32. The van der Waals surface area contributed by atoms with Crippen LogP contribution in [0.3, 0.4) is 0 Å². The molecule has 0 amide bonds. The summed E-state index contributed by atoms with van der Waals surface area (Å²) in [4.78, 5) is 2.33. The number of nitrogens with zero attached hydrogens (tertiary/aromatic N) is 3. The van der Waals surface area contributed by atoms with Crippen molar-refractivity contribution in [1.82, 2.24) is 15.5 Å². The summed E-state index contributed by atoms with van der Waals surface area (Å²) in [5, 5.41) is 12.3. The third-order valence-corrected chi connectivity index (χ3v) is 4.59. The summed E-state index contributed by atoms with van der Waals surface area (Å²) in [5.74, 6) is 1.02. The number of anilines is 1. The first-order valence-corrected chi connectivity index (χ1v) is 8.12. The van der Waals surface area contributed by atoms with E-state index < -0.39 is 0 Å². The zero-order valence-electron chi connectivity index (χ0n) is 12.5. The van der Waals surface area contributed by atoms with Gasteiger partial charge in [0.05, 0.1) is 5.69 Å². The minimum atomic E-state index is 0.641. The van der Waals surface area contributed by atoms with E-state index in [4.69, 9.17) is 0 Å². The highest BCUT2D eigenvalue weighted by Gasteiger charge is 2.21. The topological polar surface area (TPSA) is 41.0 Å². The number of hydrogen-bond donors (Lipinski definition) is 1. The first-order chi connectivity index (χ1) is 9.83. The second-order valence-corrected chi connectivity index (χ2v) is 6.29. The largest absolute Gasteiger partial charge is 0.355 e. The Kier molecular flexibility index (Phi) is 4.51. The molecule has 0 aliphatic heterocycles. The summed E-state index contributed by atoms with van der Waals surface area (Å²) < 4.78 is 0. The third kappa shape index (κ3) is 3.69. The van der Waals surface area contributed by atoms with E-state index in [0.717, 1.165) is 24.1 Å². The lowest BCUT2D eigenvalue weighted by molar-refractivity contribution is 0.546. The molecular weight excluding hydrogens is 248 g/mol. The maximum Gasteiger partial charge on any atom is 0.151 e. The Morgan fingerprint density at radius 2 is 1.80 bits per heavy atom. The van der Waals surface area contributed by atoms with Gasteiger partial charge in [0.15, 0.2) is 5.82 Å². The molecule has 2 aliphatic carbocycles. The van der Waals surface area contributed by atoms with Crippen LogP contribution >= 0.6 is 0 Å². The van der Waals surface area contributed by atoms with E-state index in [0.29, 0.717) is 6.04 Å². The van der Waals surface area contributed by atoms with Gasteiger partial charge in [-0.3, -0.25) is 0 Å². The Morgan fingerprint density at radius 1 is 1.05 bits per heavy atom. The molecule has 0 bridgehead atoms. The molecule has 1 heterocycles. The van der Waals surface area contributed by atoms with Crippen molar-refractivity contribution in [2.75, 3.05) is 11.9 Å². The second-order valence-electron chi connectivity index (χ2n) is 6.29. The molecule has 0 saturated heterocycles. The SMILES string of the molecule is CN(c1ccc(CNC2CC2)nn1)C1CCCCCC1. The first-order valence-electron chi connectivity index (χ1n) is 8.12. The summed E-state index contributed by atoms with van der Waals surface area (Å²) in [7, 11) is 2.17. The van der Waals surface area contributed by atoms with Crippen molar-refractivity contribution in [1.29, 1.82) is 0 Å². The molecule has 2 aliphatic rings. The Bertz CT molecular complexity index is 405. The average Bonchev–Trinajstić information content (AvgIpc) is 3.31. The van der Waals surface area contributed by atoms with E-state index in [1.54, 1.807) is 0 Å². The van der Waals surface area contributed by atoms with Gasteiger partial charge in [-0.2, -0.15) is 5.10 Å². The molecule has 0 unspecified atom stereocenters. The van der Waals surface area contributed by atoms with Crippen molar-refractivity contribution in [3.05, 3.63) is 17.8 Å². The minimum Gasteiger partial charge on any atom is -0.355 e. The van der Waals surface area contributed by atoms with Crippen molar-refractivity contribution in [3.8, 4) is 0 Å². The minimum absolute atomic E-state index is 0.641. The van der Waals surface area contributed by atoms with Gasteiger partial charge in [-0.25, -0.2) is 0 Å². The Morgan fingerprint density at radius 3 is 2.40 bits per heavy atom. The summed E-state index contributed by atoms with van der Waals surface area (Å²) in [6, 6.07) is 5.61. The van der Waals surface area contributed by atoms with Crippen LogP contribution in [0, 0.1) is 0 Å². The fourth-order valence-corrected chi connectivity index (χ4v) is 3.00. The van der Waals surface area contributed by atoms with Crippen LogP contribution in [0.2, 0.25) is 0 Å². The van der Waals surface area contributed by atoms with Gasteiger partial charge in [0.2, 0.25) is 0 Å². The fourth-order valence-electron chi connectivity index (χ4n) is 3.00. The lowest BCUT2D eigenvalue weighted by atomic mass is 10.1. The predicted octanol–water partition coefficient (Wildman–Crippen LogP) is 2.89. The van der Waals surface area contributed by atoms with E-state index >= 15 is 0 Å². The normalized spacial score (nSPS) is 20.6. The Labute approximate surface area is 122 Å². The van der Waals surface area contributed by atoms with Crippen LogP contribution in [0.4, 0.5) is 5.82 Å². The average molecular weight is 274 g/mol. The van der Waals surface area contributed by atoms with E-state index in [-0.39, 0.29) is 0 Å². The van der Waals surface area contributed by atoms with Gasteiger partial charge in [0, 0.05) is 25.7 Å². The fraction of sp³-hybridized carbons (Fsp3) is 0.750. The smallest absolute Gasteiger partial charge is 0.151 e. The molecule has 1 aromatic rings. The highest BCUT2D eigenvalue weighted by atomic mass is 15.3. The highest BCUT2D eigenvalue weighted by molar-refractivity contribution is 5.37. The molecular formula is C16H26N4. The second kappa shape index (κ2) is 6.53. The van der Waals surface area contributed by atoms with Crippen LogP contribution in [-0.4, -0.2) is 29.3 Å². The van der Waals surface area contributed by atoms with E-state index in [1.807, 2.05) is 0 Å². The molecule has 2 saturated carbocycles. The standard InChI is InChI=1S/C16H26N4/c1-20(15-6-4-2-3-5-7-15)16-11-10-14(18-19-16)12-17-13-8-9-13/h10-11,13,15,17H,2-9,12H2,1H3. The van der Waals surface area contributed by atoms with Crippen LogP contribution < -0.4 is 10.2 Å². The van der Waals surface area contributed by atoms with Crippen LogP contribution in [0.25, 0.3) is 0 Å². The van der Waals surface area contributed by atoms with E-state index in [2.05, 4.69) is 39.6 Å². The number of aromatic nitrogens is 2. The van der Waals surface area contributed by atoms with Crippen molar-refractivity contribution in [3.63, 3.8) is 0 Å². The van der Waals surface area contributed by atoms with Gasteiger partial charge in [-0.05, 0) is 37.8 Å². The zero-order chi connectivity index (χ0) is 13.8. The molecule has 4 nitrogen and oxygen atoms in total. The highest BCUT2D eigenvalue weighted by Crippen LogP contribution is 2.24. The van der Waals surface area contributed by atoms with Gasteiger partial charge < -0.3 is 10.2 Å². The van der Waals surface area contributed by atoms with Crippen LogP contribution in [0.1, 0.15) is 57.1 Å². The molecule has 3 rings (SSSR count). The molecule has 0 spiro atoms. The molecule has 0 radical (unpaired) electrons. The van der Waals surface area contributed by atoms with E-state index in [1.165, 1.54) is 51.4 Å². The van der Waals surface area contributed by atoms with Gasteiger partial charge in [-0.15, -0.1) is 5.10 Å². The summed E-state index contributed by atoms with van der Waals surface area (Å²) in [6.45, 7) is 0.852. The van der Waals surface area contributed by atoms with Gasteiger partial charge in [0.25, 0.3) is 0 Å². The zero-order valence-corrected chi connectivity index (χ0v) is 12.5. The predicted molar refractivity (Wildman–Crippen MR) is 81.8 cm³/mol.